The van der Waals surface area contributed by atoms with Crippen molar-refractivity contribution in [3.05, 3.63) is 59.0 Å². The SMILES string of the molecule is O=Nc1ccc(Nc2ccccc2)cc1CCS(=O)(=O)O. The Morgan fingerprint density at radius 1 is 1.05 bits per heavy atom. The number of hydrogen-bond acceptors (Lipinski definition) is 5. The summed E-state index contributed by atoms with van der Waals surface area (Å²) in [6.45, 7) is 0. The number of nitroso groups, excluding NO2 is 1. The predicted octanol–water partition coefficient (Wildman–Crippen LogP) is 3.26. The van der Waals surface area contributed by atoms with Crippen LogP contribution in [0.4, 0.5) is 17.1 Å². The van der Waals surface area contributed by atoms with Crippen LogP contribution in [0.3, 0.4) is 0 Å². The maximum atomic E-state index is 10.8. The highest BCUT2D eigenvalue weighted by Crippen LogP contribution is 2.26. The highest BCUT2D eigenvalue weighted by molar-refractivity contribution is 7.85. The molecular formula is C14H14N2O4S. The third-order valence-corrected chi connectivity index (χ3v) is 3.59. The molecule has 0 aromatic heterocycles. The molecule has 0 aliphatic heterocycles. The summed E-state index contributed by atoms with van der Waals surface area (Å²) in [5.41, 5.74) is 2.20. The molecule has 0 bridgehead atoms. The Labute approximate surface area is 122 Å². The number of rotatable bonds is 6. The van der Waals surface area contributed by atoms with Gasteiger partial charge in [0.25, 0.3) is 10.1 Å². The van der Waals surface area contributed by atoms with Crippen LogP contribution in [-0.4, -0.2) is 18.7 Å². The second-order valence-corrected chi connectivity index (χ2v) is 6.03. The van der Waals surface area contributed by atoms with E-state index in [2.05, 4.69) is 10.5 Å². The number of hydrogen-bond donors (Lipinski definition) is 2. The lowest BCUT2D eigenvalue weighted by Gasteiger charge is -2.09. The molecule has 2 N–H and O–H groups in total. The zero-order valence-electron chi connectivity index (χ0n) is 11.1. The lowest BCUT2D eigenvalue weighted by molar-refractivity contribution is 0.483. The number of benzene rings is 2. The largest absolute Gasteiger partial charge is 0.356 e. The van der Waals surface area contributed by atoms with Crippen LogP contribution in [0.15, 0.2) is 53.7 Å². The van der Waals surface area contributed by atoms with Gasteiger partial charge in [-0.2, -0.15) is 8.42 Å². The fraction of sp³-hybridized carbons (Fsp3) is 0.143. The summed E-state index contributed by atoms with van der Waals surface area (Å²) >= 11 is 0. The van der Waals surface area contributed by atoms with Crippen molar-refractivity contribution in [2.75, 3.05) is 11.1 Å². The van der Waals surface area contributed by atoms with E-state index < -0.39 is 15.9 Å². The van der Waals surface area contributed by atoms with Crippen LogP contribution in [0.1, 0.15) is 5.56 Å². The quantitative estimate of drug-likeness (QED) is 0.631. The first-order valence-electron chi connectivity index (χ1n) is 6.21. The Kier molecular flexibility index (Phi) is 4.66. The van der Waals surface area contributed by atoms with Gasteiger partial charge in [0.05, 0.1) is 5.75 Å². The van der Waals surface area contributed by atoms with Crippen molar-refractivity contribution < 1.29 is 13.0 Å². The third kappa shape index (κ3) is 4.66. The first-order valence-corrected chi connectivity index (χ1v) is 7.82. The molecule has 0 aliphatic rings. The van der Waals surface area contributed by atoms with E-state index in [1.807, 2.05) is 30.3 Å². The average molecular weight is 306 g/mol. The van der Waals surface area contributed by atoms with Gasteiger partial charge in [-0.1, -0.05) is 18.2 Å². The summed E-state index contributed by atoms with van der Waals surface area (Å²) in [4.78, 5) is 10.7. The Balaban J connectivity index is 2.22. The molecule has 0 saturated heterocycles. The van der Waals surface area contributed by atoms with E-state index in [0.29, 0.717) is 11.3 Å². The highest BCUT2D eigenvalue weighted by atomic mass is 32.2. The molecule has 0 amide bonds. The smallest absolute Gasteiger partial charge is 0.265 e. The molecular weight excluding hydrogens is 292 g/mol. The van der Waals surface area contributed by atoms with Gasteiger partial charge >= 0.3 is 0 Å². The second kappa shape index (κ2) is 6.47. The van der Waals surface area contributed by atoms with Gasteiger partial charge in [0.2, 0.25) is 0 Å². The van der Waals surface area contributed by atoms with E-state index in [9.17, 15) is 13.3 Å². The summed E-state index contributed by atoms with van der Waals surface area (Å²) < 4.78 is 30.4. The van der Waals surface area contributed by atoms with E-state index in [0.717, 1.165) is 5.69 Å². The summed E-state index contributed by atoms with van der Waals surface area (Å²) in [6, 6.07) is 14.2. The standard InChI is InChI=1S/C14H14N2O4S/c17-16-14-7-6-13(15-12-4-2-1-3-5-12)10-11(14)8-9-21(18,19)20/h1-7,10,15H,8-9H2,(H,18,19,20). The van der Waals surface area contributed by atoms with Crippen LogP contribution in [-0.2, 0) is 16.5 Å². The van der Waals surface area contributed by atoms with E-state index >= 15 is 0 Å². The van der Waals surface area contributed by atoms with Gasteiger partial charge in [0, 0.05) is 11.4 Å². The molecule has 7 heteroatoms. The van der Waals surface area contributed by atoms with Gasteiger partial charge in [-0.05, 0) is 47.5 Å². The summed E-state index contributed by atoms with van der Waals surface area (Å²) in [7, 11) is -4.08. The Hall–Kier alpha value is -2.25. The van der Waals surface area contributed by atoms with Crippen molar-refractivity contribution in [3.8, 4) is 0 Å². The minimum Gasteiger partial charge on any atom is -0.356 e. The van der Waals surface area contributed by atoms with Crippen molar-refractivity contribution >= 4 is 27.2 Å². The topological polar surface area (TPSA) is 95.8 Å². The fourth-order valence-corrected chi connectivity index (χ4v) is 2.36. The molecule has 0 fully saturated rings. The van der Waals surface area contributed by atoms with Gasteiger partial charge in [0.1, 0.15) is 5.69 Å². The zero-order valence-corrected chi connectivity index (χ0v) is 11.9. The van der Waals surface area contributed by atoms with Crippen molar-refractivity contribution in [2.45, 2.75) is 6.42 Å². The van der Waals surface area contributed by atoms with Crippen molar-refractivity contribution in [1.82, 2.24) is 0 Å². The van der Waals surface area contributed by atoms with E-state index in [1.54, 1.807) is 12.1 Å². The number of nitrogens with zero attached hydrogens (tertiary/aromatic N) is 1. The first-order chi connectivity index (χ1) is 9.98. The second-order valence-electron chi connectivity index (χ2n) is 4.46. The fourth-order valence-electron chi connectivity index (χ4n) is 1.88. The van der Waals surface area contributed by atoms with Crippen LogP contribution < -0.4 is 5.32 Å². The number of aryl methyl sites for hydroxylation is 1. The Bertz CT molecular complexity index is 730. The van der Waals surface area contributed by atoms with E-state index in [4.69, 9.17) is 4.55 Å². The molecule has 0 aliphatic carbocycles. The summed E-state index contributed by atoms with van der Waals surface area (Å²) in [5, 5.41) is 6.00. The average Bonchev–Trinajstić information content (AvgIpc) is 2.46. The molecule has 0 spiro atoms. The third-order valence-electron chi connectivity index (χ3n) is 2.87. The van der Waals surface area contributed by atoms with Crippen LogP contribution >= 0.6 is 0 Å². The van der Waals surface area contributed by atoms with Crippen LogP contribution in [0, 0.1) is 4.91 Å². The number of nitrogens with one attached hydrogen (secondary N) is 1. The van der Waals surface area contributed by atoms with Gasteiger partial charge in [0.15, 0.2) is 0 Å². The van der Waals surface area contributed by atoms with Crippen molar-refractivity contribution in [1.29, 1.82) is 0 Å². The molecule has 2 aromatic carbocycles. The van der Waals surface area contributed by atoms with Gasteiger partial charge in [-0.15, -0.1) is 4.91 Å². The normalized spacial score (nSPS) is 11.1. The maximum absolute atomic E-state index is 10.8. The first kappa shape index (κ1) is 15.1. The molecule has 0 heterocycles. The molecule has 0 unspecified atom stereocenters. The van der Waals surface area contributed by atoms with Crippen LogP contribution in [0.5, 0.6) is 0 Å². The van der Waals surface area contributed by atoms with Crippen molar-refractivity contribution in [3.63, 3.8) is 0 Å². The molecule has 6 nitrogen and oxygen atoms in total. The van der Waals surface area contributed by atoms with Crippen LogP contribution in [0.2, 0.25) is 0 Å². The lowest BCUT2D eigenvalue weighted by Crippen LogP contribution is -2.07. The van der Waals surface area contributed by atoms with E-state index in [1.165, 1.54) is 6.07 Å². The monoisotopic (exact) mass is 306 g/mol. The molecule has 110 valence electrons. The molecule has 21 heavy (non-hydrogen) atoms. The molecule has 0 atom stereocenters. The Morgan fingerprint density at radius 3 is 2.38 bits per heavy atom. The molecule has 2 aromatic rings. The maximum Gasteiger partial charge on any atom is 0.265 e. The highest BCUT2D eigenvalue weighted by Gasteiger charge is 2.10. The minimum absolute atomic E-state index is 0.0181. The molecule has 0 saturated carbocycles. The number of para-hydroxylation sites is 1. The van der Waals surface area contributed by atoms with Gasteiger partial charge < -0.3 is 5.32 Å². The number of anilines is 2. The predicted molar refractivity (Wildman–Crippen MR) is 81.7 cm³/mol. The van der Waals surface area contributed by atoms with Crippen LogP contribution in [0.25, 0.3) is 0 Å². The molecule has 0 radical (unpaired) electrons. The minimum atomic E-state index is -4.08. The van der Waals surface area contributed by atoms with Gasteiger partial charge in [-0.25, -0.2) is 0 Å². The van der Waals surface area contributed by atoms with Gasteiger partial charge in [-0.3, -0.25) is 4.55 Å². The lowest BCUT2D eigenvalue weighted by atomic mass is 10.1. The van der Waals surface area contributed by atoms with E-state index in [-0.39, 0.29) is 12.1 Å². The summed E-state index contributed by atoms with van der Waals surface area (Å²) in [6.07, 6.45) is 0.0181. The van der Waals surface area contributed by atoms with Crippen molar-refractivity contribution in [2.24, 2.45) is 5.18 Å². The zero-order chi connectivity index (χ0) is 15.3. The summed E-state index contributed by atoms with van der Waals surface area (Å²) in [5.74, 6) is -0.454. The molecule has 2 rings (SSSR count). The Morgan fingerprint density at radius 2 is 1.76 bits per heavy atom.